The summed E-state index contributed by atoms with van der Waals surface area (Å²) in [6.07, 6.45) is 2.83. The molecule has 0 unspecified atom stereocenters. The number of sulfonamides is 1. The molecule has 1 aromatic rings. The van der Waals surface area contributed by atoms with Crippen molar-refractivity contribution in [3.8, 4) is 0 Å². The lowest BCUT2D eigenvalue weighted by Gasteiger charge is -2.23. The second-order valence-corrected chi connectivity index (χ2v) is 9.62. The van der Waals surface area contributed by atoms with Gasteiger partial charge in [-0.05, 0) is 56.7 Å². The summed E-state index contributed by atoms with van der Waals surface area (Å²) in [7, 11) is -3.72. The van der Waals surface area contributed by atoms with E-state index in [-0.39, 0.29) is 11.8 Å². The van der Waals surface area contributed by atoms with Crippen molar-refractivity contribution in [2.45, 2.75) is 40.0 Å². The molecule has 0 bridgehead atoms. The predicted octanol–water partition coefficient (Wildman–Crippen LogP) is 2.72. The minimum absolute atomic E-state index is 0.216. The maximum atomic E-state index is 12.8. The smallest absolute Gasteiger partial charge is 0.285 e. The summed E-state index contributed by atoms with van der Waals surface area (Å²) in [5, 5.41) is 0. The van der Waals surface area contributed by atoms with Crippen molar-refractivity contribution in [3.63, 3.8) is 0 Å². The van der Waals surface area contributed by atoms with Crippen LogP contribution in [0.4, 0.5) is 0 Å². The van der Waals surface area contributed by atoms with Crippen molar-refractivity contribution in [3.05, 3.63) is 40.5 Å². The van der Waals surface area contributed by atoms with Crippen molar-refractivity contribution in [1.29, 1.82) is 0 Å². The van der Waals surface area contributed by atoms with Gasteiger partial charge >= 0.3 is 0 Å². The molecule has 0 radical (unpaired) electrons. The highest BCUT2D eigenvalue weighted by atomic mass is 32.2. The summed E-state index contributed by atoms with van der Waals surface area (Å²) in [5.41, 5.74) is 3.59. The van der Waals surface area contributed by atoms with E-state index in [1.807, 2.05) is 48.8 Å². The van der Waals surface area contributed by atoms with Crippen LogP contribution in [0.15, 0.2) is 28.2 Å². The van der Waals surface area contributed by atoms with Crippen LogP contribution in [0, 0.1) is 19.8 Å². The first-order valence-electron chi connectivity index (χ1n) is 9.95. The Balaban J connectivity index is 1.60. The average Bonchev–Trinajstić information content (AvgIpc) is 3.46. The lowest BCUT2D eigenvalue weighted by Crippen LogP contribution is -2.38. The largest absolute Gasteiger partial charge is 0.354 e. The van der Waals surface area contributed by atoms with Crippen molar-refractivity contribution in [2.75, 3.05) is 26.2 Å². The van der Waals surface area contributed by atoms with Crippen LogP contribution in [-0.4, -0.2) is 56.1 Å². The van der Waals surface area contributed by atoms with Gasteiger partial charge in [0.15, 0.2) is 0 Å². The summed E-state index contributed by atoms with van der Waals surface area (Å²) in [5.74, 6) is 1.01. The molecule has 1 saturated heterocycles. The molecule has 6 nitrogen and oxygen atoms in total. The van der Waals surface area contributed by atoms with Crippen molar-refractivity contribution in [2.24, 2.45) is 10.3 Å². The highest BCUT2D eigenvalue weighted by Gasteiger charge is 2.36. The van der Waals surface area contributed by atoms with Gasteiger partial charge in [0, 0.05) is 37.7 Å². The Hall–Kier alpha value is -2.15. The molecule has 1 saturated carbocycles. The van der Waals surface area contributed by atoms with E-state index in [4.69, 9.17) is 0 Å². The monoisotopic (exact) mass is 401 g/mol. The number of carbonyl (C=O) groups excluding carboxylic acids is 1. The van der Waals surface area contributed by atoms with Crippen molar-refractivity contribution in [1.82, 2.24) is 9.80 Å². The van der Waals surface area contributed by atoms with Gasteiger partial charge < -0.3 is 9.80 Å². The molecule has 4 rings (SSSR count). The van der Waals surface area contributed by atoms with Crippen LogP contribution in [0.5, 0.6) is 0 Å². The van der Waals surface area contributed by atoms with E-state index >= 15 is 0 Å². The van der Waals surface area contributed by atoms with Gasteiger partial charge in [-0.25, -0.2) is 0 Å². The van der Waals surface area contributed by atoms with E-state index in [0.29, 0.717) is 41.5 Å². The number of benzene rings is 1. The van der Waals surface area contributed by atoms with Crippen LogP contribution in [0.25, 0.3) is 4.91 Å². The summed E-state index contributed by atoms with van der Waals surface area (Å²) < 4.78 is 29.8. The fourth-order valence-electron chi connectivity index (χ4n) is 4.00. The van der Waals surface area contributed by atoms with Crippen molar-refractivity contribution < 1.29 is 13.2 Å². The van der Waals surface area contributed by atoms with E-state index < -0.39 is 10.0 Å². The molecule has 0 N–H and O–H groups in total. The number of amidine groups is 1. The zero-order valence-electron chi connectivity index (χ0n) is 16.7. The molecule has 0 aromatic heterocycles. The predicted molar refractivity (Wildman–Crippen MR) is 110 cm³/mol. The van der Waals surface area contributed by atoms with Gasteiger partial charge in [-0.1, -0.05) is 18.2 Å². The van der Waals surface area contributed by atoms with Crippen LogP contribution in [0.2, 0.25) is 0 Å². The minimum Gasteiger partial charge on any atom is -0.354 e. The Morgan fingerprint density at radius 3 is 2.46 bits per heavy atom. The Morgan fingerprint density at radius 1 is 1.04 bits per heavy atom. The first-order valence-corrected chi connectivity index (χ1v) is 11.4. The third kappa shape index (κ3) is 3.48. The summed E-state index contributed by atoms with van der Waals surface area (Å²) in [6.45, 7) is 8.52. The second-order valence-electron chi connectivity index (χ2n) is 8.08. The lowest BCUT2D eigenvalue weighted by atomic mass is 10.0. The molecule has 7 heteroatoms. The molecule has 1 aromatic carbocycles. The summed E-state index contributed by atoms with van der Waals surface area (Å²) in [4.78, 5) is 16.6. The van der Waals surface area contributed by atoms with Crippen LogP contribution in [0.3, 0.4) is 0 Å². The fourth-order valence-corrected chi connectivity index (χ4v) is 5.48. The molecule has 2 aliphatic heterocycles. The van der Waals surface area contributed by atoms with Gasteiger partial charge in [0.2, 0.25) is 5.91 Å². The van der Waals surface area contributed by atoms with Gasteiger partial charge in [0.25, 0.3) is 10.0 Å². The molecule has 1 amide bonds. The average molecular weight is 402 g/mol. The number of rotatable bonds is 2. The SMILES string of the molecule is CC1=C(c2ccc(C)c(C)c2)S(=O)(=O)N=C1N1CCCN(C(=O)C2CC2)CC1. The number of hydrogen-bond donors (Lipinski definition) is 0. The molecular weight excluding hydrogens is 374 g/mol. The van der Waals surface area contributed by atoms with E-state index in [2.05, 4.69) is 4.40 Å². The molecule has 28 heavy (non-hydrogen) atoms. The number of hydrogen-bond acceptors (Lipinski definition) is 4. The van der Waals surface area contributed by atoms with Crippen LogP contribution in [-0.2, 0) is 14.8 Å². The number of nitrogens with zero attached hydrogens (tertiary/aromatic N) is 3. The summed E-state index contributed by atoms with van der Waals surface area (Å²) in [6, 6.07) is 5.73. The summed E-state index contributed by atoms with van der Waals surface area (Å²) >= 11 is 0. The third-order valence-electron chi connectivity index (χ3n) is 5.94. The quantitative estimate of drug-likeness (QED) is 0.764. The molecule has 2 heterocycles. The molecule has 0 atom stereocenters. The van der Waals surface area contributed by atoms with Gasteiger partial charge in [0.05, 0.1) is 0 Å². The van der Waals surface area contributed by atoms with Gasteiger partial charge in [0.1, 0.15) is 10.7 Å². The highest BCUT2D eigenvalue weighted by molar-refractivity contribution is 8.00. The molecule has 2 fully saturated rings. The Bertz CT molecular complexity index is 990. The molecule has 1 aliphatic carbocycles. The first-order chi connectivity index (χ1) is 13.3. The number of amides is 1. The maximum absolute atomic E-state index is 12.8. The van der Waals surface area contributed by atoms with E-state index in [1.165, 1.54) is 0 Å². The molecule has 150 valence electrons. The second kappa shape index (κ2) is 7.03. The Morgan fingerprint density at radius 2 is 1.79 bits per heavy atom. The maximum Gasteiger partial charge on any atom is 0.285 e. The zero-order valence-corrected chi connectivity index (χ0v) is 17.6. The molecular formula is C21H27N3O3S. The third-order valence-corrected chi connectivity index (χ3v) is 7.41. The molecule has 0 spiro atoms. The minimum atomic E-state index is -3.72. The molecule has 3 aliphatic rings. The van der Waals surface area contributed by atoms with Crippen LogP contribution >= 0.6 is 0 Å². The first kappa shape index (κ1) is 19.2. The topological polar surface area (TPSA) is 70.1 Å². The highest BCUT2D eigenvalue weighted by Crippen LogP contribution is 2.35. The van der Waals surface area contributed by atoms with Gasteiger partial charge in [-0.2, -0.15) is 8.42 Å². The number of aryl methyl sites for hydroxylation is 2. The zero-order chi connectivity index (χ0) is 20.1. The fraction of sp³-hybridized carbons (Fsp3) is 0.524. The van der Waals surface area contributed by atoms with Gasteiger partial charge in [-0.3, -0.25) is 4.79 Å². The Kier molecular flexibility index (Phi) is 4.81. The van der Waals surface area contributed by atoms with E-state index in [9.17, 15) is 13.2 Å². The Labute approximate surface area is 167 Å². The van der Waals surface area contributed by atoms with E-state index in [1.54, 1.807) is 0 Å². The van der Waals surface area contributed by atoms with Crippen molar-refractivity contribution >= 4 is 26.7 Å². The van der Waals surface area contributed by atoms with Crippen LogP contribution < -0.4 is 0 Å². The van der Waals surface area contributed by atoms with E-state index in [0.717, 1.165) is 36.9 Å². The normalized spacial score (nSPS) is 22.3. The standard InChI is InChI=1S/C21H27N3O3S/c1-14-5-6-18(13-15(14)2)19-16(3)20(22-28(19,26)27)23-9-4-10-24(12-11-23)21(25)17-7-8-17/h5-6,13,17H,4,7-12H2,1-3H3. The lowest BCUT2D eigenvalue weighted by molar-refractivity contribution is -0.132. The van der Waals surface area contributed by atoms with Gasteiger partial charge in [-0.15, -0.1) is 4.40 Å². The number of carbonyl (C=O) groups is 1. The van der Waals surface area contributed by atoms with Crippen LogP contribution in [0.1, 0.15) is 42.9 Å².